The zero-order valence-electron chi connectivity index (χ0n) is 16.7. The van der Waals surface area contributed by atoms with E-state index in [0.29, 0.717) is 6.54 Å². The number of fused-ring (bicyclic) bond motifs is 1. The third-order valence-electron chi connectivity index (χ3n) is 4.78. The number of aromatic nitrogens is 2. The molecule has 1 aromatic carbocycles. The maximum absolute atomic E-state index is 5.97. The number of benzene rings is 1. The van der Waals surface area contributed by atoms with E-state index in [-0.39, 0.29) is 6.04 Å². The van der Waals surface area contributed by atoms with Gasteiger partial charge in [0.1, 0.15) is 11.3 Å². The first-order valence-electron chi connectivity index (χ1n) is 9.06. The van der Waals surface area contributed by atoms with Crippen LogP contribution >= 0.6 is 0 Å². The SMILES string of the molecule is CN=C(NCc1oc2ccccc2c1C)NCC(c1cnn(C)c1)N(C)C. The number of likely N-dealkylation sites (N-methyl/N-ethyl adjacent to an activating group) is 1. The first kappa shape index (κ1) is 19.0. The molecule has 0 bridgehead atoms. The fourth-order valence-electron chi connectivity index (χ4n) is 3.18. The van der Waals surface area contributed by atoms with Crippen LogP contribution in [0.2, 0.25) is 0 Å². The topological polar surface area (TPSA) is 70.6 Å². The molecule has 7 heteroatoms. The van der Waals surface area contributed by atoms with Gasteiger partial charge in [-0.25, -0.2) is 0 Å². The molecule has 7 nitrogen and oxygen atoms in total. The van der Waals surface area contributed by atoms with Crippen LogP contribution in [0, 0.1) is 6.92 Å². The molecule has 0 saturated heterocycles. The van der Waals surface area contributed by atoms with E-state index in [0.717, 1.165) is 34.8 Å². The first-order chi connectivity index (χ1) is 13.0. The normalized spacial score (nSPS) is 13.3. The molecule has 1 unspecified atom stereocenters. The standard InChI is InChI=1S/C20H28N6O/c1-14-16-8-6-7-9-18(16)27-19(14)12-23-20(21-2)22-11-17(25(3)4)15-10-24-26(5)13-15/h6-10,13,17H,11-12H2,1-5H3,(H2,21,22,23). The average Bonchev–Trinajstić information content (AvgIpc) is 3.21. The van der Waals surface area contributed by atoms with Gasteiger partial charge in [0.15, 0.2) is 5.96 Å². The molecule has 0 aliphatic rings. The molecule has 0 aliphatic heterocycles. The highest BCUT2D eigenvalue weighted by molar-refractivity contribution is 5.82. The smallest absolute Gasteiger partial charge is 0.191 e. The van der Waals surface area contributed by atoms with Gasteiger partial charge < -0.3 is 20.0 Å². The van der Waals surface area contributed by atoms with Crippen molar-refractivity contribution in [2.24, 2.45) is 12.0 Å². The number of furan rings is 1. The van der Waals surface area contributed by atoms with Gasteiger partial charge in [0.05, 0.1) is 18.8 Å². The molecule has 0 amide bonds. The van der Waals surface area contributed by atoms with E-state index in [1.54, 1.807) is 7.05 Å². The second-order valence-electron chi connectivity index (χ2n) is 6.88. The first-order valence-corrected chi connectivity index (χ1v) is 9.06. The predicted molar refractivity (Wildman–Crippen MR) is 109 cm³/mol. The lowest BCUT2D eigenvalue weighted by Crippen LogP contribution is -2.41. The average molecular weight is 368 g/mol. The Labute approximate surface area is 160 Å². The summed E-state index contributed by atoms with van der Waals surface area (Å²) >= 11 is 0. The molecule has 1 atom stereocenters. The van der Waals surface area contributed by atoms with E-state index in [9.17, 15) is 0 Å². The number of guanidine groups is 1. The van der Waals surface area contributed by atoms with Crippen molar-refractivity contribution in [1.82, 2.24) is 25.3 Å². The van der Waals surface area contributed by atoms with Gasteiger partial charge in [0, 0.05) is 43.4 Å². The molecular weight excluding hydrogens is 340 g/mol. The van der Waals surface area contributed by atoms with Crippen molar-refractivity contribution in [3.05, 3.63) is 53.5 Å². The van der Waals surface area contributed by atoms with Crippen LogP contribution in [-0.2, 0) is 13.6 Å². The van der Waals surface area contributed by atoms with E-state index in [4.69, 9.17) is 4.42 Å². The quantitative estimate of drug-likeness (QED) is 0.517. The highest BCUT2D eigenvalue weighted by Gasteiger charge is 2.17. The lowest BCUT2D eigenvalue weighted by molar-refractivity contribution is 0.298. The Bertz CT molecular complexity index is 924. The fraction of sp³-hybridized carbons (Fsp3) is 0.400. The minimum atomic E-state index is 0.199. The van der Waals surface area contributed by atoms with Gasteiger partial charge >= 0.3 is 0 Å². The molecule has 27 heavy (non-hydrogen) atoms. The third kappa shape index (κ3) is 4.31. The Morgan fingerprint density at radius 1 is 1.30 bits per heavy atom. The summed E-state index contributed by atoms with van der Waals surface area (Å²) in [6, 6.07) is 8.30. The Hall–Kier alpha value is -2.80. The van der Waals surface area contributed by atoms with Gasteiger partial charge in [-0.15, -0.1) is 0 Å². The fourth-order valence-corrected chi connectivity index (χ4v) is 3.18. The number of rotatable bonds is 6. The summed E-state index contributed by atoms with van der Waals surface area (Å²) in [7, 11) is 7.83. The Morgan fingerprint density at radius 3 is 2.70 bits per heavy atom. The van der Waals surface area contributed by atoms with Gasteiger partial charge in [-0.05, 0) is 27.1 Å². The summed E-state index contributed by atoms with van der Waals surface area (Å²) in [5.41, 5.74) is 3.24. The maximum Gasteiger partial charge on any atom is 0.191 e. The van der Waals surface area contributed by atoms with Crippen LogP contribution < -0.4 is 10.6 Å². The van der Waals surface area contributed by atoms with Gasteiger partial charge in [-0.2, -0.15) is 5.10 Å². The van der Waals surface area contributed by atoms with E-state index < -0.39 is 0 Å². The highest BCUT2D eigenvalue weighted by Crippen LogP contribution is 2.24. The van der Waals surface area contributed by atoms with Crippen molar-refractivity contribution < 1.29 is 4.42 Å². The molecule has 0 spiro atoms. The van der Waals surface area contributed by atoms with Gasteiger partial charge in [-0.1, -0.05) is 18.2 Å². The van der Waals surface area contributed by atoms with Crippen molar-refractivity contribution in [3.63, 3.8) is 0 Å². The van der Waals surface area contributed by atoms with E-state index in [2.05, 4.69) is 52.7 Å². The van der Waals surface area contributed by atoms with E-state index in [1.165, 1.54) is 5.56 Å². The van der Waals surface area contributed by atoms with Crippen LogP contribution in [-0.4, -0.2) is 48.3 Å². The molecule has 3 aromatic rings. The molecule has 2 N–H and O–H groups in total. The minimum Gasteiger partial charge on any atom is -0.459 e. The van der Waals surface area contributed by atoms with Crippen molar-refractivity contribution in [2.75, 3.05) is 27.7 Å². The number of hydrogen-bond acceptors (Lipinski definition) is 4. The van der Waals surface area contributed by atoms with E-state index >= 15 is 0 Å². The van der Waals surface area contributed by atoms with Crippen LogP contribution in [0.1, 0.15) is 22.9 Å². The molecule has 0 saturated carbocycles. The van der Waals surface area contributed by atoms with Crippen LogP contribution in [0.25, 0.3) is 11.0 Å². The summed E-state index contributed by atoms with van der Waals surface area (Å²) in [5.74, 6) is 1.67. The van der Waals surface area contributed by atoms with Crippen molar-refractivity contribution in [3.8, 4) is 0 Å². The van der Waals surface area contributed by atoms with Crippen molar-refractivity contribution in [2.45, 2.75) is 19.5 Å². The highest BCUT2D eigenvalue weighted by atomic mass is 16.3. The Morgan fingerprint density at radius 2 is 2.07 bits per heavy atom. The molecule has 2 aromatic heterocycles. The zero-order chi connectivity index (χ0) is 19.4. The summed E-state index contributed by atoms with van der Waals surface area (Å²) in [6.07, 6.45) is 3.95. The van der Waals surface area contributed by atoms with E-state index in [1.807, 2.05) is 42.3 Å². The molecule has 2 heterocycles. The number of hydrogen-bond donors (Lipinski definition) is 2. The number of aryl methyl sites for hydroxylation is 2. The second-order valence-corrected chi connectivity index (χ2v) is 6.88. The van der Waals surface area contributed by atoms with Crippen LogP contribution in [0.5, 0.6) is 0 Å². The number of nitrogens with zero attached hydrogens (tertiary/aromatic N) is 4. The number of nitrogens with one attached hydrogen (secondary N) is 2. The number of para-hydroxylation sites is 1. The zero-order valence-corrected chi connectivity index (χ0v) is 16.7. The molecule has 0 fully saturated rings. The number of aliphatic imine (C=N–C) groups is 1. The van der Waals surface area contributed by atoms with Crippen LogP contribution in [0.4, 0.5) is 0 Å². The minimum absolute atomic E-state index is 0.199. The second kappa shape index (κ2) is 8.26. The molecular formula is C20H28N6O. The molecule has 0 radical (unpaired) electrons. The molecule has 0 aliphatic carbocycles. The summed E-state index contributed by atoms with van der Waals surface area (Å²) in [5, 5.41) is 12.2. The van der Waals surface area contributed by atoms with Gasteiger partial charge in [0.2, 0.25) is 0 Å². The molecule has 3 rings (SSSR count). The van der Waals surface area contributed by atoms with Crippen LogP contribution in [0.3, 0.4) is 0 Å². The monoisotopic (exact) mass is 368 g/mol. The van der Waals surface area contributed by atoms with Crippen molar-refractivity contribution in [1.29, 1.82) is 0 Å². The maximum atomic E-state index is 5.97. The molecule has 144 valence electrons. The Balaban J connectivity index is 1.62. The summed E-state index contributed by atoms with van der Waals surface area (Å²) in [6.45, 7) is 3.39. The van der Waals surface area contributed by atoms with Crippen molar-refractivity contribution >= 4 is 16.9 Å². The summed E-state index contributed by atoms with van der Waals surface area (Å²) in [4.78, 5) is 6.50. The third-order valence-corrected chi connectivity index (χ3v) is 4.78. The summed E-state index contributed by atoms with van der Waals surface area (Å²) < 4.78 is 7.79. The van der Waals surface area contributed by atoms with Crippen LogP contribution in [0.15, 0.2) is 46.1 Å². The van der Waals surface area contributed by atoms with Gasteiger partial charge in [0.25, 0.3) is 0 Å². The Kier molecular flexibility index (Phi) is 5.81. The lowest BCUT2D eigenvalue weighted by Gasteiger charge is -2.24. The lowest BCUT2D eigenvalue weighted by atomic mass is 10.1. The van der Waals surface area contributed by atoms with Gasteiger partial charge in [-0.3, -0.25) is 9.67 Å². The predicted octanol–water partition coefficient (Wildman–Crippen LogP) is 2.44. The largest absolute Gasteiger partial charge is 0.459 e.